The molecule has 2 nitrogen and oxygen atoms in total. The zero-order valence-corrected chi connectivity index (χ0v) is 12.3. The summed E-state index contributed by atoms with van der Waals surface area (Å²) >= 11 is 0. The van der Waals surface area contributed by atoms with Crippen LogP contribution >= 0.6 is 0 Å². The molecular formula is C16H28O2. The third-order valence-electron chi connectivity index (χ3n) is 3.94. The van der Waals surface area contributed by atoms with Gasteiger partial charge in [-0.2, -0.15) is 0 Å². The van der Waals surface area contributed by atoms with Crippen molar-refractivity contribution in [1.29, 1.82) is 0 Å². The Balaban J connectivity index is 2.52. The Morgan fingerprint density at radius 3 is 2.72 bits per heavy atom. The molecule has 2 heteroatoms. The highest BCUT2D eigenvalue weighted by molar-refractivity contribution is 5.82. The van der Waals surface area contributed by atoms with Crippen LogP contribution in [-0.4, -0.2) is 12.1 Å². The lowest BCUT2D eigenvalue weighted by atomic mass is 9.75. The number of unbranched alkanes of at least 4 members (excludes halogenated alkanes) is 1. The summed E-state index contributed by atoms with van der Waals surface area (Å²) < 4.78 is 5.66. The quantitative estimate of drug-likeness (QED) is 0.537. The normalized spacial score (nSPS) is 28.8. The van der Waals surface area contributed by atoms with Crippen molar-refractivity contribution < 1.29 is 9.53 Å². The van der Waals surface area contributed by atoms with E-state index in [9.17, 15) is 4.79 Å². The molecule has 1 fully saturated rings. The predicted molar refractivity (Wildman–Crippen MR) is 75.3 cm³/mol. The smallest absolute Gasteiger partial charge is 0.330 e. The highest BCUT2D eigenvalue weighted by atomic mass is 16.5. The van der Waals surface area contributed by atoms with E-state index in [1.54, 1.807) is 6.08 Å². The van der Waals surface area contributed by atoms with Crippen molar-refractivity contribution in [2.45, 2.75) is 65.9 Å². The lowest BCUT2D eigenvalue weighted by molar-refractivity contribution is -0.149. The highest BCUT2D eigenvalue weighted by Crippen LogP contribution is 2.35. The number of hydrogen-bond donors (Lipinski definition) is 0. The Morgan fingerprint density at radius 2 is 2.11 bits per heavy atom. The molecule has 0 bridgehead atoms. The van der Waals surface area contributed by atoms with Gasteiger partial charge in [0.1, 0.15) is 6.10 Å². The monoisotopic (exact) mass is 252 g/mol. The van der Waals surface area contributed by atoms with E-state index in [-0.39, 0.29) is 12.1 Å². The van der Waals surface area contributed by atoms with E-state index in [0.29, 0.717) is 17.8 Å². The topological polar surface area (TPSA) is 26.3 Å². The van der Waals surface area contributed by atoms with Gasteiger partial charge in [-0.3, -0.25) is 0 Å². The Morgan fingerprint density at radius 1 is 1.39 bits per heavy atom. The second-order valence-corrected chi connectivity index (χ2v) is 5.99. The van der Waals surface area contributed by atoms with Crippen LogP contribution in [0.1, 0.15) is 59.8 Å². The second kappa shape index (κ2) is 7.60. The zero-order valence-electron chi connectivity index (χ0n) is 12.3. The number of carbonyl (C=O) groups excluding carboxylic acids is 1. The molecule has 0 spiro atoms. The lowest BCUT2D eigenvalue weighted by Gasteiger charge is -2.36. The molecule has 0 radical (unpaired) electrons. The molecule has 0 aromatic carbocycles. The van der Waals surface area contributed by atoms with E-state index in [0.717, 1.165) is 19.3 Å². The van der Waals surface area contributed by atoms with Crippen LogP contribution in [0.15, 0.2) is 12.2 Å². The molecule has 0 aromatic rings. The van der Waals surface area contributed by atoms with Crippen LogP contribution in [0.3, 0.4) is 0 Å². The zero-order chi connectivity index (χ0) is 13.5. The number of hydrogen-bond acceptors (Lipinski definition) is 2. The molecular weight excluding hydrogens is 224 g/mol. The minimum absolute atomic E-state index is 0.118. The predicted octanol–water partition coefficient (Wildman–Crippen LogP) is 4.35. The minimum atomic E-state index is -0.159. The fraction of sp³-hybridized carbons (Fsp3) is 0.812. The van der Waals surface area contributed by atoms with Crippen molar-refractivity contribution in [2.24, 2.45) is 17.8 Å². The molecule has 0 N–H and O–H groups in total. The first kappa shape index (κ1) is 15.3. The van der Waals surface area contributed by atoms with Gasteiger partial charge < -0.3 is 4.74 Å². The molecule has 18 heavy (non-hydrogen) atoms. The van der Waals surface area contributed by atoms with Crippen LogP contribution in [-0.2, 0) is 9.53 Å². The van der Waals surface area contributed by atoms with Gasteiger partial charge in [0.25, 0.3) is 0 Å². The fourth-order valence-corrected chi connectivity index (χ4v) is 2.78. The summed E-state index contributed by atoms with van der Waals surface area (Å²) in [4.78, 5) is 11.8. The molecule has 1 saturated carbocycles. The summed E-state index contributed by atoms with van der Waals surface area (Å²) in [6.45, 7) is 8.82. The van der Waals surface area contributed by atoms with E-state index in [2.05, 4.69) is 27.7 Å². The van der Waals surface area contributed by atoms with Gasteiger partial charge in [-0.1, -0.05) is 46.6 Å². The molecule has 104 valence electrons. The second-order valence-electron chi connectivity index (χ2n) is 5.99. The minimum Gasteiger partial charge on any atom is -0.459 e. The Bertz CT molecular complexity index is 281. The van der Waals surface area contributed by atoms with Crippen LogP contribution < -0.4 is 0 Å². The third-order valence-corrected chi connectivity index (χ3v) is 3.94. The maximum Gasteiger partial charge on any atom is 0.330 e. The van der Waals surface area contributed by atoms with Gasteiger partial charge in [0, 0.05) is 6.08 Å². The van der Waals surface area contributed by atoms with E-state index < -0.39 is 0 Å². The van der Waals surface area contributed by atoms with Crippen LogP contribution in [0.5, 0.6) is 0 Å². The molecule has 0 amide bonds. The molecule has 1 aliphatic rings. The van der Waals surface area contributed by atoms with E-state index >= 15 is 0 Å². The van der Waals surface area contributed by atoms with Crippen LogP contribution in [0.4, 0.5) is 0 Å². The highest BCUT2D eigenvalue weighted by Gasteiger charge is 2.32. The molecule has 3 atom stereocenters. The summed E-state index contributed by atoms with van der Waals surface area (Å²) in [5.74, 6) is 1.64. The van der Waals surface area contributed by atoms with Crippen molar-refractivity contribution in [3.63, 3.8) is 0 Å². The molecule has 0 heterocycles. The van der Waals surface area contributed by atoms with Crippen molar-refractivity contribution in [3.05, 3.63) is 12.2 Å². The van der Waals surface area contributed by atoms with Gasteiger partial charge in [0.15, 0.2) is 0 Å². The van der Waals surface area contributed by atoms with Crippen molar-refractivity contribution in [1.82, 2.24) is 0 Å². The number of carbonyl (C=O) groups is 1. The maximum atomic E-state index is 11.8. The van der Waals surface area contributed by atoms with Gasteiger partial charge >= 0.3 is 5.97 Å². The maximum absolute atomic E-state index is 11.8. The van der Waals surface area contributed by atoms with Gasteiger partial charge in [0.05, 0.1) is 0 Å². The molecule has 0 aromatic heterocycles. The molecule has 1 rings (SSSR count). The third kappa shape index (κ3) is 4.83. The summed E-state index contributed by atoms with van der Waals surface area (Å²) in [6, 6.07) is 0. The van der Waals surface area contributed by atoms with Gasteiger partial charge in [-0.05, 0) is 37.0 Å². The summed E-state index contributed by atoms with van der Waals surface area (Å²) in [5.41, 5.74) is 0. The summed E-state index contributed by atoms with van der Waals surface area (Å²) in [5, 5.41) is 0. The first-order chi connectivity index (χ1) is 8.54. The number of esters is 1. The largest absolute Gasteiger partial charge is 0.459 e. The first-order valence-corrected chi connectivity index (χ1v) is 7.41. The van der Waals surface area contributed by atoms with Crippen molar-refractivity contribution >= 4 is 5.97 Å². The number of allylic oxidation sites excluding steroid dienone is 1. The first-order valence-electron chi connectivity index (χ1n) is 7.41. The standard InChI is InChI=1S/C16H28O2/c1-5-6-7-8-16(17)18-15-11-13(4)9-10-14(15)12(2)3/h7-8,12-15H,5-6,9-11H2,1-4H3/b8-7+/t13-,14+,15-/m1/s1. The average molecular weight is 252 g/mol. The van der Waals surface area contributed by atoms with E-state index in [1.807, 2.05) is 6.08 Å². The average Bonchev–Trinajstić information content (AvgIpc) is 2.29. The lowest BCUT2D eigenvalue weighted by Crippen LogP contribution is -2.35. The van der Waals surface area contributed by atoms with E-state index in [1.165, 1.54) is 12.8 Å². The van der Waals surface area contributed by atoms with Crippen molar-refractivity contribution in [2.75, 3.05) is 0 Å². The van der Waals surface area contributed by atoms with Gasteiger partial charge in [-0.15, -0.1) is 0 Å². The van der Waals surface area contributed by atoms with Crippen LogP contribution in [0.2, 0.25) is 0 Å². The van der Waals surface area contributed by atoms with Gasteiger partial charge in [0.2, 0.25) is 0 Å². The molecule has 0 aliphatic heterocycles. The Kier molecular flexibility index (Phi) is 6.45. The van der Waals surface area contributed by atoms with Gasteiger partial charge in [-0.25, -0.2) is 4.79 Å². The SMILES string of the molecule is CCC/C=C/C(=O)O[C@@H]1C[C@H](C)CC[C@H]1C(C)C. The Hall–Kier alpha value is -0.790. The molecule has 1 aliphatic carbocycles. The fourth-order valence-electron chi connectivity index (χ4n) is 2.78. The number of rotatable bonds is 5. The van der Waals surface area contributed by atoms with Crippen molar-refractivity contribution in [3.8, 4) is 0 Å². The number of ether oxygens (including phenoxy) is 1. The molecule has 0 saturated heterocycles. The summed E-state index contributed by atoms with van der Waals surface area (Å²) in [7, 11) is 0. The van der Waals surface area contributed by atoms with Crippen LogP contribution in [0.25, 0.3) is 0 Å². The Labute approximate surface area is 112 Å². The van der Waals surface area contributed by atoms with Crippen LogP contribution in [0, 0.1) is 17.8 Å². The summed E-state index contributed by atoms with van der Waals surface area (Å²) in [6.07, 6.45) is 9.13. The molecule has 0 unspecified atom stereocenters. The van der Waals surface area contributed by atoms with E-state index in [4.69, 9.17) is 4.74 Å².